The molecule has 0 saturated carbocycles. The Morgan fingerprint density at radius 2 is 1.73 bits per heavy atom. The highest BCUT2D eigenvalue weighted by atomic mass is 16.5. The van der Waals surface area contributed by atoms with E-state index in [9.17, 15) is 9.59 Å². The third-order valence-electron chi connectivity index (χ3n) is 2.57. The molecule has 1 aromatic rings. The molecule has 0 heterocycles. The molecule has 0 N–H and O–H groups in total. The summed E-state index contributed by atoms with van der Waals surface area (Å²) < 4.78 is 5.07. The minimum atomic E-state index is -0.729. The Morgan fingerprint density at radius 1 is 1.20 bits per heavy atom. The van der Waals surface area contributed by atoms with E-state index in [-0.39, 0.29) is 6.10 Å². The van der Waals surface area contributed by atoms with E-state index < -0.39 is 11.8 Å². The van der Waals surface area contributed by atoms with Crippen molar-refractivity contribution in [2.75, 3.05) is 0 Å². The minimum Gasteiger partial charge on any atom is -0.456 e. The second kappa shape index (κ2) is 3.85. The number of hydrogen-bond acceptors (Lipinski definition) is 3. The van der Waals surface area contributed by atoms with E-state index in [0.717, 1.165) is 12.8 Å². The van der Waals surface area contributed by atoms with E-state index >= 15 is 0 Å². The molecule has 0 spiro atoms. The highest BCUT2D eigenvalue weighted by molar-refractivity contribution is 6.32. The lowest BCUT2D eigenvalue weighted by molar-refractivity contribution is -0.156. The predicted molar refractivity (Wildman–Crippen MR) is 54.4 cm³/mol. The first-order valence-electron chi connectivity index (χ1n) is 4.95. The van der Waals surface area contributed by atoms with Crippen LogP contribution in [0.1, 0.15) is 18.1 Å². The molecule has 1 aliphatic carbocycles. The maximum atomic E-state index is 11.1. The monoisotopic (exact) mass is 204 g/mol. The van der Waals surface area contributed by atoms with Gasteiger partial charge in [-0.15, -0.1) is 0 Å². The maximum Gasteiger partial charge on any atom is 0.374 e. The summed E-state index contributed by atoms with van der Waals surface area (Å²) in [7, 11) is 0. The number of benzene rings is 1. The second-order valence-electron chi connectivity index (χ2n) is 3.76. The van der Waals surface area contributed by atoms with Gasteiger partial charge in [-0.05, 0) is 11.1 Å². The van der Waals surface area contributed by atoms with Crippen molar-refractivity contribution in [2.45, 2.75) is 25.9 Å². The molecule has 0 bridgehead atoms. The highest BCUT2D eigenvalue weighted by Gasteiger charge is 2.25. The summed E-state index contributed by atoms with van der Waals surface area (Å²) in [6.07, 6.45) is 1.27. The smallest absolute Gasteiger partial charge is 0.374 e. The van der Waals surface area contributed by atoms with Gasteiger partial charge in [-0.3, -0.25) is 4.79 Å². The van der Waals surface area contributed by atoms with Crippen LogP contribution in [-0.2, 0) is 27.2 Å². The summed E-state index contributed by atoms with van der Waals surface area (Å²) in [6, 6.07) is 7.98. The normalized spacial score (nSPS) is 14.7. The molecule has 0 radical (unpaired) electrons. The molecule has 1 aliphatic rings. The molecule has 0 unspecified atom stereocenters. The van der Waals surface area contributed by atoms with Crippen molar-refractivity contribution in [3.63, 3.8) is 0 Å². The van der Waals surface area contributed by atoms with E-state index in [4.69, 9.17) is 4.74 Å². The van der Waals surface area contributed by atoms with Gasteiger partial charge in [0.15, 0.2) is 0 Å². The van der Waals surface area contributed by atoms with E-state index in [2.05, 4.69) is 0 Å². The van der Waals surface area contributed by atoms with Gasteiger partial charge in [0.2, 0.25) is 5.78 Å². The molecule has 15 heavy (non-hydrogen) atoms. The summed E-state index contributed by atoms with van der Waals surface area (Å²) in [5.74, 6) is -1.27. The van der Waals surface area contributed by atoms with Crippen LogP contribution in [0, 0.1) is 0 Å². The molecule has 3 heteroatoms. The van der Waals surface area contributed by atoms with Crippen molar-refractivity contribution in [3.8, 4) is 0 Å². The Balaban J connectivity index is 2.02. The number of Topliss-reactive ketones (excluding diaryl/α,β-unsaturated/α-hetero) is 1. The summed E-state index contributed by atoms with van der Waals surface area (Å²) in [6.45, 7) is 1.23. The summed E-state index contributed by atoms with van der Waals surface area (Å²) in [5.41, 5.74) is 2.41. The first-order chi connectivity index (χ1) is 7.16. The fraction of sp³-hybridized carbons (Fsp3) is 0.333. The van der Waals surface area contributed by atoms with Crippen molar-refractivity contribution in [3.05, 3.63) is 35.4 Å². The number of carbonyl (C=O) groups excluding carboxylic acids is 2. The molecule has 3 nitrogen and oxygen atoms in total. The number of ether oxygens (including phenoxy) is 1. The molecule has 2 rings (SSSR count). The Kier molecular flexibility index (Phi) is 2.54. The SMILES string of the molecule is CC(=O)C(=O)OC1Cc2ccccc2C1. The number of hydrogen-bond donors (Lipinski definition) is 0. The van der Waals surface area contributed by atoms with Gasteiger partial charge in [-0.1, -0.05) is 24.3 Å². The number of carbonyl (C=O) groups is 2. The van der Waals surface area contributed by atoms with Crippen molar-refractivity contribution < 1.29 is 14.3 Å². The second-order valence-corrected chi connectivity index (χ2v) is 3.76. The summed E-state index contributed by atoms with van der Waals surface area (Å²) >= 11 is 0. The van der Waals surface area contributed by atoms with E-state index in [1.54, 1.807) is 0 Å². The van der Waals surface area contributed by atoms with Crippen molar-refractivity contribution >= 4 is 11.8 Å². The molecule has 0 fully saturated rings. The predicted octanol–water partition coefficient (Wildman–Crippen LogP) is 1.29. The van der Waals surface area contributed by atoms with Gasteiger partial charge < -0.3 is 4.74 Å². The van der Waals surface area contributed by atoms with Crippen LogP contribution in [-0.4, -0.2) is 17.9 Å². The summed E-state index contributed by atoms with van der Waals surface area (Å²) in [4.78, 5) is 21.8. The molecule has 0 amide bonds. The zero-order chi connectivity index (χ0) is 10.8. The number of ketones is 1. The van der Waals surface area contributed by atoms with Crippen LogP contribution in [0.25, 0.3) is 0 Å². The Morgan fingerprint density at radius 3 is 2.20 bits per heavy atom. The van der Waals surface area contributed by atoms with Crippen LogP contribution in [0.15, 0.2) is 24.3 Å². The Labute approximate surface area is 88.1 Å². The van der Waals surface area contributed by atoms with Crippen LogP contribution in [0.5, 0.6) is 0 Å². The topological polar surface area (TPSA) is 43.4 Å². The molecular formula is C12H12O3. The average molecular weight is 204 g/mol. The fourth-order valence-electron chi connectivity index (χ4n) is 1.84. The molecule has 0 saturated heterocycles. The van der Waals surface area contributed by atoms with Crippen molar-refractivity contribution in [1.82, 2.24) is 0 Å². The van der Waals surface area contributed by atoms with Crippen LogP contribution in [0.2, 0.25) is 0 Å². The lowest BCUT2D eigenvalue weighted by Gasteiger charge is -2.08. The zero-order valence-electron chi connectivity index (χ0n) is 8.53. The molecule has 0 aliphatic heterocycles. The standard InChI is InChI=1S/C12H12O3/c1-8(13)12(14)15-11-6-9-4-2-3-5-10(9)7-11/h2-5,11H,6-7H2,1H3. The van der Waals surface area contributed by atoms with Gasteiger partial charge in [0.1, 0.15) is 6.10 Å². The highest BCUT2D eigenvalue weighted by Crippen LogP contribution is 2.23. The quantitative estimate of drug-likeness (QED) is 0.538. The van der Waals surface area contributed by atoms with Crippen molar-refractivity contribution in [2.24, 2.45) is 0 Å². The fourth-order valence-corrected chi connectivity index (χ4v) is 1.84. The molecule has 0 atom stereocenters. The first kappa shape index (κ1) is 9.90. The van der Waals surface area contributed by atoms with Gasteiger partial charge in [0.05, 0.1) is 0 Å². The number of esters is 1. The van der Waals surface area contributed by atoms with Gasteiger partial charge in [-0.2, -0.15) is 0 Å². The van der Waals surface area contributed by atoms with Gasteiger partial charge in [0.25, 0.3) is 0 Å². The minimum absolute atomic E-state index is 0.168. The van der Waals surface area contributed by atoms with E-state index in [0.29, 0.717) is 0 Å². The average Bonchev–Trinajstić information content (AvgIpc) is 2.59. The lowest BCUT2D eigenvalue weighted by Crippen LogP contribution is -2.22. The molecule has 78 valence electrons. The Hall–Kier alpha value is -1.64. The first-order valence-corrected chi connectivity index (χ1v) is 4.95. The van der Waals surface area contributed by atoms with Crippen LogP contribution >= 0.6 is 0 Å². The van der Waals surface area contributed by atoms with E-state index in [1.165, 1.54) is 18.1 Å². The van der Waals surface area contributed by atoms with Crippen molar-refractivity contribution in [1.29, 1.82) is 0 Å². The zero-order valence-corrected chi connectivity index (χ0v) is 8.53. The molecular weight excluding hydrogens is 192 g/mol. The number of fused-ring (bicyclic) bond motifs is 1. The molecule has 0 aromatic heterocycles. The lowest BCUT2D eigenvalue weighted by atomic mass is 10.1. The van der Waals surface area contributed by atoms with Gasteiger partial charge in [0, 0.05) is 19.8 Å². The third kappa shape index (κ3) is 2.06. The van der Waals surface area contributed by atoms with Gasteiger partial charge in [-0.25, -0.2) is 4.79 Å². The van der Waals surface area contributed by atoms with Crippen LogP contribution < -0.4 is 0 Å². The van der Waals surface area contributed by atoms with Gasteiger partial charge >= 0.3 is 5.97 Å². The summed E-state index contributed by atoms with van der Waals surface area (Å²) in [5, 5.41) is 0. The number of rotatable bonds is 2. The van der Waals surface area contributed by atoms with Crippen LogP contribution in [0.3, 0.4) is 0 Å². The van der Waals surface area contributed by atoms with Crippen LogP contribution in [0.4, 0.5) is 0 Å². The Bertz CT molecular complexity index is 384. The largest absolute Gasteiger partial charge is 0.456 e. The third-order valence-corrected chi connectivity index (χ3v) is 2.57. The molecule has 1 aromatic carbocycles. The maximum absolute atomic E-state index is 11.1. The van der Waals surface area contributed by atoms with E-state index in [1.807, 2.05) is 24.3 Å².